The van der Waals surface area contributed by atoms with Crippen molar-refractivity contribution in [1.29, 1.82) is 0 Å². The van der Waals surface area contributed by atoms with Gasteiger partial charge < -0.3 is 4.74 Å². The van der Waals surface area contributed by atoms with E-state index in [0.29, 0.717) is 0 Å². The van der Waals surface area contributed by atoms with Crippen molar-refractivity contribution in [2.75, 3.05) is 7.11 Å². The summed E-state index contributed by atoms with van der Waals surface area (Å²) in [6.45, 7) is 3.31. The van der Waals surface area contributed by atoms with Crippen LogP contribution < -0.4 is 4.74 Å². The Labute approximate surface area is 86.1 Å². The van der Waals surface area contributed by atoms with Crippen LogP contribution in [0.3, 0.4) is 0 Å². The predicted octanol–water partition coefficient (Wildman–Crippen LogP) is 1.97. The third-order valence-corrected chi connectivity index (χ3v) is 1.81. The molecule has 0 aliphatic heterocycles. The van der Waals surface area contributed by atoms with Crippen molar-refractivity contribution in [3.05, 3.63) is 46.5 Å². The summed E-state index contributed by atoms with van der Waals surface area (Å²) in [4.78, 5) is 21.2. The second-order valence-electron chi connectivity index (χ2n) is 2.75. The van der Waals surface area contributed by atoms with Gasteiger partial charge in [-0.2, -0.15) is 0 Å². The van der Waals surface area contributed by atoms with E-state index < -0.39 is 4.92 Å². The molecule has 0 atom stereocenters. The highest BCUT2D eigenvalue weighted by Gasteiger charge is 2.12. The molecule has 78 valence electrons. The zero-order valence-corrected chi connectivity index (χ0v) is 8.10. The van der Waals surface area contributed by atoms with Crippen LogP contribution in [-0.2, 0) is 0 Å². The Morgan fingerprint density at radius 1 is 1.53 bits per heavy atom. The highest BCUT2D eigenvalue weighted by atomic mass is 16.6. The molecule has 1 aromatic carbocycles. The number of hydrogen-bond donors (Lipinski definition) is 0. The molecule has 0 aromatic heterocycles. The molecule has 0 spiro atoms. The molecule has 0 saturated carbocycles. The summed E-state index contributed by atoms with van der Waals surface area (Å²) in [6.07, 6.45) is 1.10. The van der Waals surface area contributed by atoms with Crippen LogP contribution >= 0.6 is 0 Å². The average molecular weight is 207 g/mol. The van der Waals surface area contributed by atoms with E-state index >= 15 is 0 Å². The highest BCUT2D eigenvalue weighted by molar-refractivity contribution is 6.04. The first-order chi connectivity index (χ1) is 7.08. The van der Waals surface area contributed by atoms with Crippen LogP contribution in [0.5, 0.6) is 5.75 Å². The fourth-order valence-electron chi connectivity index (χ4n) is 1.07. The molecule has 0 bridgehead atoms. The predicted molar refractivity (Wildman–Crippen MR) is 54.2 cm³/mol. The molecular formula is C10H9NO4. The average Bonchev–Trinajstić information content (AvgIpc) is 2.27. The van der Waals surface area contributed by atoms with E-state index in [1.165, 1.54) is 25.3 Å². The fourth-order valence-corrected chi connectivity index (χ4v) is 1.07. The van der Waals surface area contributed by atoms with Gasteiger partial charge in [0.1, 0.15) is 5.75 Å². The minimum Gasteiger partial charge on any atom is -0.496 e. The maximum atomic E-state index is 11.3. The van der Waals surface area contributed by atoms with E-state index in [1.54, 1.807) is 0 Å². The molecule has 0 N–H and O–H groups in total. The Hall–Kier alpha value is -2.17. The first-order valence-electron chi connectivity index (χ1n) is 4.08. The van der Waals surface area contributed by atoms with Gasteiger partial charge in [-0.25, -0.2) is 0 Å². The molecule has 0 aliphatic carbocycles. The van der Waals surface area contributed by atoms with Crippen LogP contribution in [-0.4, -0.2) is 17.8 Å². The van der Waals surface area contributed by atoms with E-state index in [9.17, 15) is 14.9 Å². The van der Waals surface area contributed by atoms with Gasteiger partial charge in [0.05, 0.1) is 18.1 Å². The van der Waals surface area contributed by atoms with Crippen molar-refractivity contribution in [2.24, 2.45) is 0 Å². The summed E-state index contributed by atoms with van der Waals surface area (Å²) in [7, 11) is 1.38. The zero-order valence-electron chi connectivity index (χ0n) is 8.10. The number of carbonyl (C=O) groups excluding carboxylic acids is 1. The van der Waals surface area contributed by atoms with E-state index in [2.05, 4.69) is 6.58 Å². The second kappa shape index (κ2) is 4.36. The van der Waals surface area contributed by atoms with Gasteiger partial charge in [0.25, 0.3) is 5.69 Å². The van der Waals surface area contributed by atoms with E-state index in [1.807, 2.05) is 0 Å². The number of ketones is 1. The minimum absolute atomic E-state index is 0.181. The van der Waals surface area contributed by atoms with Gasteiger partial charge in [0.2, 0.25) is 0 Å². The van der Waals surface area contributed by atoms with Crippen molar-refractivity contribution >= 4 is 11.5 Å². The monoisotopic (exact) mass is 207 g/mol. The molecule has 0 amide bonds. The quantitative estimate of drug-likeness (QED) is 0.327. The highest BCUT2D eigenvalue weighted by Crippen LogP contribution is 2.22. The lowest BCUT2D eigenvalue weighted by Crippen LogP contribution is -1.98. The maximum Gasteiger partial charge on any atom is 0.273 e. The van der Waals surface area contributed by atoms with Crippen molar-refractivity contribution in [3.63, 3.8) is 0 Å². The molecule has 0 radical (unpaired) electrons. The van der Waals surface area contributed by atoms with Gasteiger partial charge in [-0.15, -0.1) is 0 Å². The van der Waals surface area contributed by atoms with Crippen LogP contribution in [0, 0.1) is 10.1 Å². The second-order valence-corrected chi connectivity index (χ2v) is 2.75. The molecule has 5 heteroatoms. The molecule has 0 unspecified atom stereocenters. The number of ether oxygens (including phenoxy) is 1. The van der Waals surface area contributed by atoms with Gasteiger partial charge >= 0.3 is 0 Å². The van der Waals surface area contributed by atoms with E-state index in [4.69, 9.17) is 4.74 Å². The van der Waals surface area contributed by atoms with Gasteiger partial charge in [0, 0.05) is 11.6 Å². The Kier molecular flexibility index (Phi) is 3.17. The van der Waals surface area contributed by atoms with Crippen molar-refractivity contribution in [2.45, 2.75) is 0 Å². The SMILES string of the molecule is C=CC(=O)c1cc(OC)cc([N+](=O)[O-])c1. The first kappa shape index (κ1) is 10.9. The molecule has 0 fully saturated rings. The van der Waals surface area contributed by atoms with Crippen molar-refractivity contribution in [1.82, 2.24) is 0 Å². The number of carbonyl (C=O) groups is 1. The number of methoxy groups -OCH3 is 1. The summed E-state index contributed by atoms with van der Waals surface area (Å²) in [5, 5.41) is 10.5. The number of non-ortho nitro benzene ring substituents is 1. The van der Waals surface area contributed by atoms with E-state index in [-0.39, 0.29) is 22.8 Å². The summed E-state index contributed by atoms with van der Waals surface area (Å²) in [5.41, 5.74) is 0.00981. The summed E-state index contributed by atoms with van der Waals surface area (Å²) in [6, 6.07) is 3.86. The first-order valence-corrected chi connectivity index (χ1v) is 4.08. The maximum absolute atomic E-state index is 11.3. The Morgan fingerprint density at radius 3 is 2.67 bits per heavy atom. The Morgan fingerprint density at radius 2 is 2.20 bits per heavy atom. The number of hydrogen-bond acceptors (Lipinski definition) is 4. The number of nitrogens with zero attached hydrogens (tertiary/aromatic N) is 1. The standard InChI is InChI=1S/C10H9NO4/c1-3-10(12)7-4-8(11(13)14)6-9(5-7)15-2/h3-6H,1H2,2H3. The Bertz CT molecular complexity index is 425. The van der Waals surface area contributed by atoms with Gasteiger partial charge in [-0.1, -0.05) is 6.58 Å². The summed E-state index contributed by atoms with van der Waals surface area (Å²) < 4.78 is 4.85. The lowest BCUT2D eigenvalue weighted by Gasteiger charge is -2.02. The number of nitro groups is 1. The van der Waals surface area contributed by atoms with Crippen LogP contribution in [0.1, 0.15) is 10.4 Å². The molecule has 1 aromatic rings. The van der Waals surface area contributed by atoms with Gasteiger partial charge in [-0.3, -0.25) is 14.9 Å². The molecule has 5 nitrogen and oxygen atoms in total. The molecular weight excluding hydrogens is 198 g/mol. The third-order valence-electron chi connectivity index (χ3n) is 1.81. The summed E-state index contributed by atoms with van der Waals surface area (Å²) in [5.74, 6) is -0.105. The molecule has 1 rings (SSSR count). The van der Waals surface area contributed by atoms with E-state index in [0.717, 1.165) is 6.08 Å². The van der Waals surface area contributed by atoms with Crippen molar-refractivity contribution in [3.8, 4) is 5.75 Å². The largest absolute Gasteiger partial charge is 0.496 e. The molecule has 15 heavy (non-hydrogen) atoms. The van der Waals surface area contributed by atoms with Crippen molar-refractivity contribution < 1.29 is 14.5 Å². The van der Waals surface area contributed by atoms with Crippen LogP contribution in [0.2, 0.25) is 0 Å². The van der Waals surface area contributed by atoms with Crippen LogP contribution in [0.4, 0.5) is 5.69 Å². The lowest BCUT2D eigenvalue weighted by atomic mass is 10.1. The number of nitro benzene ring substituents is 1. The summed E-state index contributed by atoms with van der Waals surface area (Å²) >= 11 is 0. The topological polar surface area (TPSA) is 69.4 Å². The smallest absolute Gasteiger partial charge is 0.273 e. The van der Waals surface area contributed by atoms with Gasteiger partial charge in [0.15, 0.2) is 5.78 Å². The van der Waals surface area contributed by atoms with Gasteiger partial charge in [-0.05, 0) is 12.1 Å². The fraction of sp³-hybridized carbons (Fsp3) is 0.100. The number of benzene rings is 1. The minimum atomic E-state index is -0.581. The number of allylic oxidation sites excluding steroid dienone is 1. The lowest BCUT2D eigenvalue weighted by molar-refractivity contribution is -0.384. The third kappa shape index (κ3) is 2.40. The Balaban J connectivity index is 3.28. The molecule has 0 aliphatic rings. The van der Waals surface area contributed by atoms with Crippen LogP contribution in [0.25, 0.3) is 0 Å². The normalized spacial score (nSPS) is 9.40. The molecule has 0 heterocycles. The number of rotatable bonds is 4. The molecule has 0 saturated heterocycles. The van der Waals surface area contributed by atoms with Crippen LogP contribution in [0.15, 0.2) is 30.9 Å². The zero-order chi connectivity index (χ0) is 11.4.